The zero-order chi connectivity index (χ0) is 18.6. The number of aliphatic hydroxyl groups excluding tert-OH is 1. The summed E-state index contributed by atoms with van der Waals surface area (Å²) in [5, 5.41) is 15.0. The van der Waals surface area contributed by atoms with Gasteiger partial charge in [0.1, 0.15) is 23.6 Å². The number of nitrogens with two attached hydrogens (primary N) is 1. The Labute approximate surface area is 149 Å². The standard InChI is InChI=1S/C16H22N6O4/c1-4-16-5-6-21(14-18-9(3)26-20-14)10(11(16)23)13(25-16)22-7-8(2)12(17)19-15(22)24/h7,10-11,13,23H,4-6H2,1-3H3,(H2,17,19,24)/t10-,11+,13-,16+/m1/s1. The predicted octanol–water partition coefficient (Wildman–Crippen LogP) is 0.143. The van der Waals surface area contributed by atoms with E-state index in [2.05, 4.69) is 15.1 Å². The van der Waals surface area contributed by atoms with Crippen molar-refractivity contribution in [2.75, 3.05) is 17.2 Å². The van der Waals surface area contributed by atoms with Crippen molar-refractivity contribution in [3.05, 3.63) is 28.1 Å². The van der Waals surface area contributed by atoms with Crippen LogP contribution >= 0.6 is 0 Å². The number of rotatable bonds is 3. The van der Waals surface area contributed by atoms with Crippen LogP contribution in [0.4, 0.5) is 11.8 Å². The zero-order valence-corrected chi connectivity index (χ0v) is 14.9. The number of piperidine rings is 1. The van der Waals surface area contributed by atoms with Crippen molar-refractivity contribution in [3.63, 3.8) is 0 Å². The molecule has 4 atom stereocenters. The summed E-state index contributed by atoms with van der Waals surface area (Å²) in [4.78, 5) is 22.4. The fourth-order valence-electron chi connectivity index (χ4n) is 3.93. The van der Waals surface area contributed by atoms with Gasteiger partial charge in [-0.15, -0.1) is 0 Å². The topological polar surface area (TPSA) is 133 Å². The third-order valence-corrected chi connectivity index (χ3v) is 5.47. The fourth-order valence-corrected chi connectivity index (χ4v) is 3.93. The molecular weight excluding hydrogens is 340 g/mol. The number of ether oxygens (including phenoxy) is 1. The summed E-state index contributed by atoms with van der Waals surface area (Å²) >= 11 is 0. The lowest BCUT2D eigenvalue weighted by Gasteiger charge is -2.40. The van der Waals surface area contributed by atoms with Crippen LogP contribution in [0.1, 0.15) is 37.4 Å². The van der Waals surface area contributed by atoms with E-state index in [1.807, 2.05) is 11.8 Å². The van der Waals surface area contributed by atoms with Crippen molar-refractivity contribution in [3.8, 4) is 0 Å². The molecule has 2 saturated heterocycles. The highest BCUT2D eigenvalue weighted by Crippen LogP contribution is 2.47. The van der Waals surface area contributed by atoms with Crippen molar-refractivity contribution in [2.45, 2.75) is 57.6 Å². The number of fused-ring (bicyclic) bond motifs is 2. The van der Waals surface area contributed by atoms with Gasteiger partial charge in [-0.3, -0.25) is 4.57 Å². The van der Waals surface area contributed by atoms with Crippen LogP contribution in [-0.4, -0.2) is 49.1 Å². The summed E-state index contributed by atoms with van der Waals surface area (Å²) in [5.41, 5.74) is 5.16. The van der Waals surface area contributed by atoms with Gasteiger partial charge in [0, 0.05) is 25.2 Å². The monoisotopic (exact) mass is 362 g/mol. The maximum Gasteiger partial charge on any atom is 0.351 e. The van der Waals surface area contributed by atoms with Crippen molar-refractivity contribution in [1.29, 1.82) is 0 Å². The zero-order valence-electron chi connectivity index (χ0n) is 14.9. The Balaban J connectivity index is 1.82. The molecule has 0 saturated carbocycles. The molecule has 2 aromatic rings. The summed E-state index contributed by atoms with van der Waals surface area (Å²) in [7, 11) is 0. The van der Waals surface area contributed by atoms with Crippen molar-refractivity contribution in [1.82, 2.24) is 19.7 Å². The molecule has 2 bridgehead atoms. The summed E-state index contributed by atoms with van der Waals surface area (Å²) in [6.07, 6.45) is 1.28. The molecule has 2 aliphatic rings. The number of hydrogen-bond donors (Lipinski definition) is 2. The first-order chi connectivity index (χ1) is 12.4. The van der Waals surface area contributed by atoms with Crippen LogP contribution in [0.3, 0.4) is 0 Å². The molecule has 2 fully saturated rings. The molecule has 0 unspecified atom stereocenters. The summed E-state index contributed by atoms with van der Waals surface area (Å²) in [6.45, 7) is 6.02. The molecular formula is C16H22N6O4. The van der Waals surface area contributed by atoms with Gasteiger partial charge in [0.05, 0.1) is 0 Å². The van der Waals surface area contributed by atoms with Gasteiger partial charge in [-0.1, -0.05) is 6.92 Å². The highest BCUT2D eigenvalue weighted by atomic mass is 16.6. The summed E-state index contributed by atoms with van der Waals surface area (Å²) in [6, 6.07) is -0.539. The van der Waals surface area contributed by atoms with Gasteiger partial charge in [-0.2, -0.15) is 9.97 Å². The Morgan fingerprint density at radius 1 is 1.42 bits per heavy atom. The van der Waals surface area contributed by atoms with E-state index in [0.717, 1.165) is 0 Å². The number of aryl methyl sites for hydroxylation is 2. The second-order valence-corrected chi connectivity index (χ2v) is 6.92. The molecule has 4 rings (SSSR count). The normalized spacial score (nSPS) is 30.8. The maximum atomic E-state index is 12.5. The highest BCUT2D eigenvalue weighted by Gasteiger charge is 2.60. The third-order valence-electron chi connectivity index (χ3n) is 5.47. The quantitative estimate of drug-likeness (QED) is 0.782. The molecule has 10 nitrogen and oxygen atoms in total. The number of nitrogens with zero attached hydrogens (tertiary/aromatic N) is 5. The van der Waals surface area contributed by atoms with Crippen LogP contribution in [0.25, 0.3) is 0 Å². The van der Waals surface area contributed by atoms with E-state index in [4.69, 9.17) is 15.0 Å². The minimum atomic E-state index is -0.810. The second kappa shape index (κ2) is 5.78. The molecule has 4 heterocycles. The molecule has 0 aromatic carbocycles. The number of anilines is 2. The van der Waals surface area contributed by atoms with Gasteiger partial charge >= 0.3 is 5.69 Å². The molecule has 0 amide bonds. The van der Waals surface area contributed by atoms with Crippen LogP contribution in [0, 0.1) is 13.8 Å². The molecule has 140 valence electrons. The van der Waals surface area contributed by atoms with Gasteiger partial charge in [-0.05, 0) is 24.9 Å². The Kier molecular flexibility index (Phi) is 3.77. The molecule has 10 heteroatoms. The minimum Gasteiger partial charge on any atom is -0.388 e. The van der Waals surface area contributed by atoms with Gasteiger partial charge < -0.3 is 25.0 Å². The predicted molar refractivity (Wildman–Crippen MR) is 91.6 cm³/mol. The molecule has 3 N–H and O–H groups in total. The van der Waals surface area contributed by atoms with Crippen LogP contribution in [0.15, 0.2) is 15.5 Å². The first kappa shape index (κ1) is 17.0. The third kappa shape index (κ3) is 2.32. The Hall–Kier alpha value is -2.46. The number of nitrogen functional groups attached to an aromatic ring is 1. The summed E-state index contributed by atoms with van der Waals surface area (Å²) in [5.74, 6) is 0.989. The number of hydrogen-bond acceptors (Lipinski definition) is 9. The Morgan fingerprint density at radius 2 is 2.19 bits per heavy atom. The van der Waals surface area contributed by atoms with E-state index in [1.165, 1.54) is 4.57 Å². The molecule has 2 aliphatic heterocycles. The molecule has 0 spiro atoms. The van der Waals surface area contributed by atoms with Crippen molar-refractivity contribution < 1.29 is 14.4 Å². The fraction of sp³-hybridized carbons (Fsp3) is 0.625. The van der Waals surface area contributed by atoms with E-state index < -0.39 is 29.7 Å². The first-order valence-electron chi connectivity index (χ1n) is 8.64. The Bertz CT molecular complexity index is 895. The van der Waals surface area contributed by atoms with Crippen LogP contribution in [-0.2, 0) is 4.74 Å². The first-order valence-corrected chi connectivity index (χ1v) is 8.64. The Morgan fingerprint density at radius 3 is 2.85 bits per heavy atom. The second-order valence-electron chi connectivity index (χ2n) is 6.92. The van der Waals surface area contributed by atoms with Crippen LogP contribution in [0.5, 0.6) is 0 Å². The van der Waals surface area contributed by atoms with E-state index in [0.29, 0.717) is 36.8 Å². The lowest BCUT2D eigenvalue weighted by atomic mass is 9.84. The van der Waals surface area contributed by atoms with Gasteiger partial charge in [-0.25, -0.2) is 4.79 Å². The van der Waals surface area contributed by atoms with Crippen molar-refractivity contribution in [2.24, 2.45) is 0 Å². The largest absolute Gasteiger partial charge is 0.388 e. The smallest absolute Gasteiger partial charge is 0.351 e. The average molecular weight is 362 g/mol. The van der Waals surface area contributed by atoms with Gasteiger partial charge in [0.25, 0.3) is 5.95 Å². The van der Waals surface area contributed by atoms with E-state index in [1.54, 1.807) is 20.0 Å². The van der Waals surface area contributed by atoms with Gasteiger partial charge in [0.15, 0.2) is 6.23 Å². The molecule has 2 aromatic heterocycles. The minimum absolute atomic E-state index is 0.184. The van der Waals surface area contributed by atoms with E-state index in [-0.39, 0.29) is 5.82 Å². The van der Waals surface area contributed by atoms with Crippen LogP contribution < -0.4 is 16.3 Å². The summed E-state index contributed by atoms with van der Waals surface area (Å²) < 4.78 is 12.7. The SMILES string of the molecule is CC[C@@]12CCN(c3noc(C)n3)[C@@H]([C@H](n3cc(C)c(N)nc3=O)O1)[C@@H]2O. The van der Waals surface area contributed by atoms with Crippen molar-refractivity contribution >= 4 is 11.8 Å². The number of aliphatic hydroxyl groups is 1. The average Bonchev–Trinajstić information content (AvgIpc) is 3.09. The molecule has 0 radical (unpaired) electrons. The maximum absolute atomic E-state index is 12.5. The molecule has 0 aliphatic carbocycles. The number of aromatic nitrogens is 4. The van der Waals surface area contributed by atoms with E-state index >= 15 is 0 Å². The highest BCUT2D eigenvalue weighted by molar-refractivity contribution is 5.38. The van der Waals surface area contributed by atoms with E-state index in [9.17, 15) is 9.90 Å². The molecule has 26 heavy (non-hydrogen) atoms. The van der Waals surface area contributed by atoms with Crippen LogP contribution in [0.2, 0.25) is 0 Å². The van der Waals surface area contributed by atoms with Gasteiger partial charge in [0.2, 0.25) is 5.89 Å². The lowest BCUT2D eigenvalue weighted by molar-refractivity contribution is -0.107. The lowest BCUT2D eigenvalue weighted by Crippen LogP contribution is -2.57.